The molecule has 1 aromatic heterocycles. The maximum Gasteiger partial charge on any atom is 0.303 e. The van der Waals surface area contributed by atoms with Gasteiger partial charge in [-0.05, 0) is 42.2 Å². The summed E-state index contributed by atoms with van der Waals surface area (Å²) in [5.41, 5.74) is 0. The van der Waals surface area contributed by atoms with Crippen LogP contribution in [0.4, 0.5) is 0 Å². The van der Waals surface area contributed by atoms with Crippen molar-refractivity contribution in [3.63, 3.8) is 0 Å². The van der Waals surface area contributed by atoms with Crippen molar-refractivity contribution >= 4 is 5.97 Å². The van der Waals surface area contributed by atoms with Gasteiger partial charge in [-0.15, -0.1) is 5.10 Å². The summed E-state index contributed by atoms with van der Waals surface area (Å²) in [4.78, 5) is 10.4. The van der Waals surface area contributed by atoms with Gasteiger partial charge < -0.3 is 10.4 Å². The third-order valence-corrected chi connectivity index (χ3v) is 2.99. The van der Waals surface area contributed by atoms with Gasteiger partial charge in [0.05, 0.1) is 6.54 Å². The third-order valence-electron chi connectivity index (χ3n) is 2.99. The molecule has 0 aliphatic heterocycles. The number of nitrogens with zero attached hydrogens (tertiary/aromatic N) is 4. The number of aromatic nitrogens is 4. The molecule has 0 radical (unpaired) electrons. The highest BCUT2D eigenvalue weighted by Crippen LogP contribution is 2.09. The molecule has 0 saturated carbocycles. The molecule has 2 N–H and O–H groups in total. The monoisotopic (exact) mass is 269 g/mol. The molecule has 1 aromatic rings. The lowest BCUT2D eigenvalue weighted by Crippen LogP contribution is -2.20. The molecule has 1 atom stereocenters. The molecule has 7 nitrogen and oxygen atoms in total. The standard InChI is InChI=1S/C12H23N5O2/c1-3-8-17-11(14-15-16-17)9-13-7-6-10(2)4-5-12(18)19/h10,13H,3-9H2,1-2H3,(H,18,19). The topological polar surface area (TPSA) is 92.9 Å². The van der Waals surface area contributed by atoms with Gasteiger partial charge in [0, 0.05) is 13.0 Å². The molecule has 1 rings (SSSR count). The van der Waals surface area contributed by atoms with Gasteiger partial charge >= 0.3 is 5.97 Å². The van der Waals surface area contributed by atoms with Crippen molar-refractivity contribution in [1.29, 1.82) is 0 Å². The van der Waals surface area contributed by atoms with Gasteiger partial charge in [0.2, 0.25) is 0 Å². The van der Waals surface area contributed by atoms with Gasteiger partial charge in [0.15, 0.2) is 5.82 Å². The van der Waals surface area contributed by atoms with E-state index in [0.29, 0.717) is 12.5 Å². The van der Waals surface area contributed by atoms with Crippen molar-refractivity contribution in [3.05, 3.63) is 5.82 Å². The van der Waals surface area contributed by atoms with Crippen molar-refractivity contribution in [2.45, 2.75) is 52.6 Å². The number of aliphatic carboxylic acids is 1. The van der Waals surface area contributed by atoms with Crippen LogP contribution in [-0.2, 0) is 17.9 Å². The molecule has 0 saturated heterocycles. The van der Waals surface area contributed by atoms with Crippen LogP contribution < -0.4 is 5.32 Å². The number of carboxylic acid groups (broad SMARTS) is 1. The number of aryl methyl sites for hydroxylation is 1. The summed E-state index contributed by atoms with van der Waals surface area (Å²) < 4.78 is 1.81. The molecule has 1 heterocycles. The van der Waals surface area contributed by atoms with Gasteiger partial charge in [0.1, 0.15) is 0 Å². The zero-order valence-corrected chi connectivity index (χ0v) is 11.7. The average molecular weight is 269 g/mol. The number of tetrazole rings is 1. The van der Waals surface area contributed by atoms with Crippen LogP contribution >= 0.6 is 0 Å². The van der Waals surface area contributed by atoms with Gasteiger partial charge in [-0.1, -0.05) is 13.8 Å². The quantitative estimate of drug-likeness (QED) is 0.617. The fraction of sp³-hybridized carbons (Fsp3) is 0.833. The number of rotatable bonds is 10. The van der Waals surface area contributed by atoms with Crippen molar-refractivity contribution in [1.82, 2.24) is 25.5 Å². The summed E-state index contributed by atoms with van der Waals surface area (Å²) in [5, 5.41) is 23.4. The number of hydrogen-bond acceptors (Lipinski definition) is 5. The highest BCUT2D eigenvalue weighted by Gasteiger charge is 2.07. The molecule has 0 amide bonds. The fourth-order valence-electron chi connectivity index (χ4n) is 1.80. The lowest BCUT2D eigenvalue weighted by molar-refractivity contribution is -0.137. The molecule has 0 bridgehead atoms. The number of carbonyl (C=O) groups is 1. The minimum absolute atomic E-state index is 0.246. The third kappa shape index (κ3) is 6.28. The van der Waals surface area contributed by atoms with E-state index in [9.17, 15) is 4.79 Å². The Morgan fingerprint density at radius 1 is 1.47 bits per heavy atom. The van der Waals surface area contributed by atoms with Crippen LogP contribution in [0.1, 0.15) is 45.4 Å². The first-order chi connectivity index (χ1) is 9.13. The van der Waals surface area contributed by atoms with E-state index in [0.717, 1.165) is 38.2 Å². The number of nitrogens with one attached hydrogen (secondary N) is 1. The van der Waals surface area contributed by atoms with Crippen LogP contribution in [0, 0.1) is 5.92 Å². The summed E-state index contributed by atoms with van der Waals surface area (Å²) in [6.07, 6.45) is 2.94. The van der Waals surface area contributed by atoms with Crippen molar-refractivity contribution in [2.24, 2.45) is 5.92 Å². The number of carboxylic acids is 1. The van der Waals surface area contributed by atoms with Crippen molar-refractivity contribution in [3.8, 4) is 0 Å². The van der Waals surface area contributed by atoms with E-state index in [1.807, 2.05) is 0 Å². The van der Waals surface area contributed by atoms with E-state index in [1.165, 1.54) is 0 Å². The van der Waals surface area contributed by atoms with Crippen molar-refractivity contribution < 1.29 is 9.90 Å². The molecule has 0 aromatic carbocycles. The fourth-order valence-corrected chi connectivity index (χ4v) is 1.80. The van der Waals surface area contributed by atoms with Crippen LogP contribution in [0.3, 0.4) is 0 Å². The van der Waals surface area contributed by atoms with Crippen LogP contribution in [0.5, 0.6) is 0 Å². The molecule has 0 fully saturated rings. The Labute approximate surface area is 113 Å². The Morgan fingerprint density at radius 2 is 2.26 bits per heavy atom. The first-order valence-electron chi connectivity index (χ1n) is 6.81. The Morgan fingerprint density at radius 3 is 2.95 bits per heavy atom. The zero-order chi connectivity index (χ0) is 14.1. The minimum atomic E-state index is -0.724. The molecule has 19 heavy (non-hydrogen) atoms. The van der Waals surface area contributed by atoms with Gasteiger partial charge in [-0.3, -0.25) is 4.79 Å². The predicted octanol–water partition coefficient (Wildman–Crippen LogP) is 1.06. The lowest BCUT2D eigenvalue weighted by Gasteiger charge is -2.10. The van der Waals surface area contributed by atoms with Crippen LogP contribution in [-0.4, -0.2) is 37.8 Å². The molecular weight excluding hydrogens is 246 g/mol. The Balaban J connectivity index is 2.16. The van der Waals surface area contributed by atoms with Gasteiger partial charge in [-0.25, -0.2) is 4.68 Å². The van der Waals surface area contributed by atoms with E-state index in [2.05, 4.69) is 34.7 Å². The maximum atomic E-state index is 10.4. The molecule has 0 aliphatic rings. The SMILES string of the molecule is CCCn1nnnc1CNCCC(C)CCC(=O)O. The summed E-state index contributed by atoms with van der Waals surface area (Å²) in [6, 6.07) is 0. The second kappa shape index (κ2) is 8.58. The van der Waals surface area contributed by atoms with E-state index in [-0.39, 0.29) is 6.42 Å². The summed E-state index contributed by atoms with van der Waals surface area (Å²) in [5.74, 6) is 0.536. The lowest BCUT2D eigenvalue weighted by atomic mass is 10.0. The molecule has 0 spiro atoms. The second-order valence-corrected chi connectivity index (χ2v) is 4.82. The smallest absolute Gasteiger partial charge is 0.303 e. The Bertz CT molecular complexity index is 380. The van der Waals surface area contributed by atoms with E-state index < -0.39 is 5.97 Å². The summed E-state index contributed by atoms with van der Waals surface area (Å²) in [7, 11) is 0. The number of hydrogen-bond donors (Lipinski definition) is 2. The normalized spacial score (nSPS) is 12.5. The van der Waals surface area contributed by atoms with Crippen molar-refractivity contribution in [2.75, 3.05) is 6.54 Å². The van der Waals surface area contributed by atoms with E-state index in [4.69, 9.17) is 5.11 Å². The zero-order valence-electron chi connectivity index (χ0n) is 11.7. The predicted molar refractivity (Wildman–Crippen MR) is 70.5 cm³/mol. The molecule has 0 aliphatic carbocycles. The van der Waals surface area contributed by atoms with Crippen LogP contribution in [0.2, 0.25) is 0 Å². The second-order valence-electron chi connectivity index (χ2n) is 4.82. The van der Waals surface area contributed by atoms with Gasteiger partial charge in [-0.2, -0.15) is 0 Å². The van der Waals surface area contributed by atoms with E-state index >= 15 is 0 Å². The molecular formula is C12H23N5O2. The molecule has 108 valence electrons. The Hall–Kier alpha value is -1.50. The highest BCUT2D eigenvalue weighted by molar-refractivity contribution is 5.66. The van der Waals surface area contributed by atoms with Crippen LogP contribution in [0.15, 0.2) is 0 Å². The van der Waals surface area contributed by atoms with E-state index in [1.54, 1.807) is 4.68 Å². The van der Waals surface area contributed by atoms with Crippen LogP contribution in [0.25, 0.3) is 0 Å². The summed E-state index contributed by atoms with van der Waals surface area (Å²) in [6.45, 7) is 6.49. The summed E-state index contributed by atoms with van der Waals surface area (Å²) >= 11 is 0. The maximum absolute atomic E-state index is 10.4. The highest BCUT2D eigenvalue weighted by atomic mass is 16.4. The average Bonchev–Trinajstić information content (AvgIpc) is 2.80. The Kier molecular flexibility index (Phi) is 7.02. The molecule has 7 heteroatoms. The largest absolute Gasteiger partial charge is 0.481 e. The molecule has 1 unspecified atom stereocenters. The first-order valence-corrected chi connectivity index (χ1v) is 6.81. The van der Waals surface area contributed by atoms with Gasteiger partial charge in [0.25, 0.3) is 0 Å². The minimum Gasteiger partial charge on any atom is -0.481 e. The first kappa shape index (κ1) is 15.6.